The number of rotatable bonds is 6. The Labute approximate surface area is 192 Å². The van der Waals surface area contributed by atoms with Crippen LogP contribution in [0, 0.1) is 6.92 Å². The van der Waals surface area contributed by atoms with E-state index in [1.807, 2.05) is 61.5 Å². The number of aryl methyl sites for hydroxylation is 1. The predicted octanol–water partition coefficient (Wildman–Crippen LogP) is 5.57. The Balaban J connectivity index is 1.70. The number of nitrogens with one attached hydrogen (secondary N) is 2. The van der Waals surface area contributed by atoms with Gasteiger partial charge in [-0.05, 0) is 53.6 Å². The summed E-state index contributed by atoms with van der Waals surface area (Å²) < 4.78 is 5.24. The first-order chi connectivity index (χ1) is 16.0. The zero-order valence-electron chi connectivity index (χ0n) is 18.5. The van der Waals surface area contributed by atoms with Crippen LogP contribution in [0.3, 0.4) is 0 Å². The second kappa shape index (κ2) is 9.83. The van der Waals surface area contributed by atoms with Crippen molar-refractivity contribution in [2.24, 2.45) is 0 Å². The SMILES string of the molecule is COc1cccc(NC(=O)/C(=C/c2cccc3ccccc23)NC(=O)c2ccc(C)cc2)c1. The molecule has 0 unspecified atom stereocenters. The highest BCUT2D eigenvalue weighted by Crippen LogP contribution is 2.22. The van der Waals surface area contributed by atoms with Crippen molar-refractivity contribution in [1.29, 1.82) is 0 Å². The maximum Gasteiger partial charge on any atom is 0.272 e. The molecule has 0 heterocycles. The normalized spacial score (nSPS) is 11.2. The molecule has 0 saturated heterocycles. The van der Waals surface area contributed by atoms with Gasteiger partial charge in [0.15, 0.2) is 0 Å². The van der Waals surface area contributed by atoms with E-state index in [2.05, 4.69) is 10.6 Å². The van der Waals surface area contributed by atoms with Gasteiger partial charge in [-0.3, -0.25) is 9.59 Å². The van der Waals surface area contributed by atoms with Crippen LogP contribution < -0.4 is 15.4 Å². The first kappa shape index (κ1) is 21.8. The lowest BCUT2D eigenvalue weighted by Gasteiger charge is -2.13. The molecular formula is C28H24N2O3. The summed E-state index contributed by atoms with van der Waals surface area (Å²) in [4.78, 5) is 26.2. The fraction of sp³-hybridized carbons (Fsp3) is 0.0714. The van der Waals surface area contributed by atoms with E-state index in [-0.39, 0.29) is 11.6 Å². The van der Waals surface area contributed by atoms with Gasteiger partial charge in [0, 0.05) is 17.3 Å². The van der Waals surface area contributed by atoms with E-state index in [4.69, 9.17) is 4.74 Å². The third-order valence-electron chi connectivity index (χ3n) is 5.26. The lowest BCUT2D eigenvalue weighted by Crippen LogP contribution is -2.30. The number of ether oxygens (including phenoxy) is 1. The maximum atomic E-state index is 13.2. The Hall–Kier alpha value is -4.38. The molecule has 0 fully saturated rings. The topological polar surface area (TPSA) is 67.4 Å². The van der Waals surface area contributed by atoms with Crippen molar-refractivity contribution in [2.45, 2.75) is 6.92 Å². The van der Waals surface area contributed by atoms with Gasteiger partial charge in [0.25, 0.3) is 11.8 Å². The summed E-state index contributed by atoms with van der Waals surface area (Å²) in [6, 6.07) is 28.0. The van der Waals surface area contributed by atoms with Crippen LogP contribution in [0.5, 0.6) is 5.75 Å². The van der Waals surface area contributed by atoms with E-state index in [9.17, 15) is 9.59 Å². The highest BCUT2D eigenvalue weighted by molar-refractivity contribution is 6.11. The summed E-state index contributed by atoms with van der Waals surface area (Å²) in [6.45, 7) is 1.95. The van der Waals surface area contributed by atoms with Gasteiger partial charge in [-0.15, -0.1) is 0 Å². The Morgan fingerprint density at radius 1 is 0.848 bits per heavy atom. The first-order valence-corrected chi connectivity index (χ1v) is 10.6. The molecule has 4 rings (SSSR count). The summed E-state index contributed by atoms with van der Waals surface area (Å²) in [5.41, 5.74) is 3.05. The Morgan fingerprint density at radius 3 is 2.36 bits per heavy atom. The largest absolute Gasteiger partial charge is 0.497 e. The van der Waals surface area contributed by atoms with Crippen LogP contribution in [0.2, 0.25) is 0 Å². The molecular weight excluding hydrogens is 412 g/mol. The monoisotopic (exact) mass is 436 g/mol. The van der Waals surface area contributed by atoms with Gasteiger partial charge in [-0.2, -0.15) is 0 Å². The molecule has 33 heavy (non-hydrogen) atoms. The van der Waals surface area contributed by atoms with Crippen molar-refractivity contribution in [3.05, 3.63) is 113 Å². The number of benzene rings is 4. The van der Waals surface area contributed by atoms with Gasteiger partial charge in [0.1, 0.15) is 11.4 Å². The molecule has 4 aromatic rings. The number of amides is 2. The maximum absolute atomic E-state index is 13.2. The van der Waals surface area contributed by atoms with Crippen LogP contribution in [0.1, 0.15) is 21.5 Å². The van der Waals surface area contributed by atoms with E-state index in [1.54, 1.807) is 49.6 Å². The van der Waals surface area contributed by atoms with E-state index in [0.717, 1.165) is 21.9 Å². The second-order valence-corrected chi connectivity index (χ2v) is 7.63. The molecule has 0 radical (unpaired) electrons. The third-order valence-corrected chi connectivity index (χ3v) is 5.26. The third kappa shape index (κ3) is 5.28. The number of hydrogen-bond donors (Lipinski definition) is 2. The Kier molecular flexibility index (Phi) is 6.51. The standard InChI is InChI=1S/C28H24N2O3/c1-19-13-15-21(16-14-19)27(31)30-26(28(32)29-23-10-6-11-24(18-23)33-2)17-22-9-5-8-20-7-3-4-12-25(20)22/h3-18H,1-2H3,(H,29,32)(H,30,31)/b26-17-. The average Bonchev–Trinajstić information content (AvgIpc) is 2.84. The minimum Gasteiger partial charge on any atom is -0.497 e. The van der Waals surface area contributed by atoms with Crippen LogP contribution in [-0.4, -0.2) is 18.9 Å². The molecule has 2 amide bonds. The number of methoxy groups -OCH3 is 1. The number of carbonyl (C=O) groups excluding carboxylic acids is 2. The van der Waals surface area contributed by atoms with Crippen molar-refractivity contribution < 1.29 is 14.3 Å². The lowest BCUT2D eigenvalue weighted by atomic mass is 10.0. The molecule has 0 aliphatic carbocycles. The quantitative estimate of drug-likeness (QED) is 0.389. The summed E-state index contributed by atoms with van der Waals surface area (Å²) in [5.74, 6) is -0.171. The molecule has 164 valence electrons. The van der Waals surface area contributed by atoms with Crippen molar-refractivity contribution in [3.63, 3.8) is 0 Å². The smallest absolute Gasteiger partial charge is 0.272 e. The Morgan fingerprint density at radius 2 is 1.58 bits per heavy atom. The molecule has 0 spiro atoms. The van der Waals surface area contributed by atoms with Crippen LogP contribution in [-0.2, 0) is 4.79 Å². The van der Waals surface area contributed by atoms with Crippen LogP contribution >= 0.6 is 0 Å². The number of fused-ring (bicyclic) bond motifs is 1. The van der Waals surface area contributed by atoms with E-state index >= 15 is 0 Å². The molecule has 5 heteroatoms. The molecule has 0 atom stereocenters. The number of hydrogen-bond acceptors (Lipinski definition) is 3. The van der Waals surface area contributed by atoms with Gasteiger partial charge in [0.2, 0.25) is 0 Å². The minimum atomic E-state index is -0.434. The molecule has 0 aliphatic rings. The molecule has 0 saturated carbocycles. The summed E-state index contributed by atoms with van der Waals surface area (Å²) in [7, 11) is 1.56. The van der Waals surface area contributed by atoms with Crippen LogP contribution in [0.4, 0.5) is 5.69 Å². The number of anilines is 1. The fourth-order valence-electron chi connectivity index (χ4n) is 3.49. The minimum absolute atomic E-state index is 0.139. The highest BCUT2D eigenvalue weighted by Gasteiger charge is 2.16. The van der Waals surface area contributed by atoms with E-state index in [1.165, 1.54) is 0 Å². The van der Waals surface area contributed by atoms with Crippen LogP contribution in [0.25, 0.3) is 16.8 Å². The molecule has 0 aliphatic heterocycles. The van der Waals surface area contributed by atoms with Gasteiger partial charge in [-0.25, -0.2) is 0 Å². The highest BCUT2D eigenvalue weighted by atomic mass is 16.5. The van der Waals surface area contributed by atoms with E-state index in [0.29, 0.717) is 17.0 Å². The van der Waals surface area contributed by atoms with Crippen molar-refractivity contribution in [2.75, 3.05) is 12.4 Å². The predicted molar refractivity (Wildman–Crippen MR) is 132 cm³/mol. The van der Waals surface area contributed by atoms with Gasteiger partial charge in [-0.1, -0.05) is 66.2 Å². The molecule has 0 bridgehead atoms. The average molecular weight is 437 g/mol. The Bertz CT molecular complexity index is 1340. The fourth-order valence-corrected chi connectivity index (χ4v) is 3.49. The molecule has 2 N–H and O–H groups in total. The van der Waals surface area contributed by atoms with Crippen molar-refractivity contribution in [3.8, 4) is 5.75 Å². The molecule has 5 nitrogen and oxygen atoms in total. The van der Waals surface area contributed by atoms with Gasteiger partial charge >= 0.3 is 0 Å². The summed E-state index contributed by atoms with van der Waals surface area (Å²) in [5, 5.41) is 7.67. The summed E-state index contributed by atoms with van der Waals surface area (Å²) >= 11 is 0. The zero-order chi connectivity index (χ0) is 23.2. The first-order valence-electron chi connectivity index (χ1n) is 10.6. The number of carbonyl (C=O) groups is 2. The van der Waals surface area contributed by atoms with Crippen molar-refractivity contribution in [1.82, 2.24) is 5.32 Å². The zero-order valence-corrected chi connectivity index (χ0v) is 18.5. The lowest BCUT2D eigenvalue weighted by molar-refractivity contribution is -0.113. The van der Waals surface area contributed by atoms with Gasteiger partial charge < -0.3 is 15.4 Å². The van der Waals surface area contributed by atoms with Crippen molar-refractivity contribution >= 4 is 34.4 Å². The van der Waals surface area contributed by atoms with Gasteiger partial charge in [0.05, 0.1) is 7.11 Å². The molecule has 0 aromatic heterocycles. The second-order valence-electron chi connectivity index (χ2n) is 7.63. The summed E-state index contributed by atoms with van der Waals surface area (Å²) in [6.07, 6.45) is 1.70. The molecule has 4 aromatic carbocycles. The van der Waals surface area contributed by atoms with E-state index < -0.39 is 5.91 Å². The van der Waals surface area contributed by atoms with Crippen LogP contribution in [0.15, 0.2) is 96.7 Å².